The summed E-state index contributed by atoms with van der Waals surface area (Å²) >= 11 is 0. The van der Waals surface area contributed by atoms with E-state index in [-0.39, 0.29) is 0 Å². The SMILES string of the molecule is CC/C=C\c1cc(-c2ccccc2)n[nH]1. The summed E-state index contributed by atoms with van der Waals surface area (Å²) in [6.07, 6.45) is 5.21. The largest absolute Gasteiger partial charge is 0.278 e. The first-order chi connectivity index (χ1) is 7.40. The van der Waals surface area contributed by atoms with E-state index in [0.29, 0.717) is 0 Å². The third kappa shape index (κ3) is 2.34. The Balaban J connectivity index is 2.24. The molecule has 76 valence electrons. The summed E-state index contributed by atoms with van der Waals surface area (Å²) < 4.78 is 0. The molecule has 1 aromatic carbocycles. The highest BCUT2D eigenvalue weighted by atomic mass is 15.1. The van der Waals surface area contributed by atoms with Gasteiger partial charge in [0.05, 0.1) is 11.4 Å². The van der Waals surface area contributed by atoms with Crippen LogP contribution in [0.1, 0.15) is 19.0 Å². The van der Waals surface area contributed by atoms with Crippen molar-refractivity contribution >= 4 is 6.08 Å². The summed E-state index contributed by atoms with van der Waals surface area (Å²) in [5, 5.41) is 7.27. The number of hydrogen-bond acceptors (Lipinski definition) is 1. The Labute approximate surface area is 89.7 Å². The maximum atomic E-state index is 4.26. The van der Waals surface area contributed by atoms with Gasteiger partial charge in [0, 0.05) is 5.56 Å². The number of hydrogen-bond donors (Lipinski definition) is 1. The maximum Gasteiger partial charge on any atom is 0.0926 e. The second-order valence-corrected chi connectivity index (χ2v) is 3.39. The van der Waals surface area contributed by atoms with E-state index in [0.717, 1.165) is 23.4 Å². The quantitative estimate of drug-likeness (QED) is 0.803. The van der Waals surface area contributed by atoms with Gasteiger partial charge >= 0.3 is 0 Å². The first-order valence-electron chi connectivity index (χ1n) is 5.17. The van der Waals surface area contributed by atoms with E-state index in [1.807, 2.05) is 18.2 Å². The summed E-state index contributed by atoms with van der Waals surface area (Å²) in [7, 11) is 0. The highest BCUT2D eigenvalue weighted by molar-refractivity contribution is 5.62. The van der Waals surface area contributed by atoms with Crippen LogP contribution in [0.15, 0.2) is 42.5 Å². The molecule has 2 nitrogen and oxygen atoms in total. The van der Waals surface area contributed by atoms with Crippen LogP contribution in [-0.2, 0) is 0 Å². The van der Waals surface area contributed by atoms with Crippen molar-refractivity contribution in [2.45, 2.75) is 13.3 Å². The summed E-state index contributed by atoms with van der Waals surface area (Å²) in [5.74, 6) is 0. The molecule has 0 saturated carbocycles. The maximum absolute atomic E-state index is 4.26. The highest BCUT2D eigenvalue weighted by Crippen LogP contribution is 2.17. The van der Waals surface area contributed by atoms with Gasteiger partial charge in [0.2, 0.25) is 0 Å². The Morgan fingerprint density at radius 1 is 1.27 bits per heavy atom. The number of nitrogens with one attached hydrogen (secondary N) is 1. The average Bonchev–Trinajstić information content (AvgIpc) is 2.76. The molecule has 0 aliphatic heterocycles. The van der Waals surface area contributed by atoms with Gasteiger partial charge in [-0.25, -0.2) is 0 Å². The summed E-state index contributed by atoms with van der Waals surface area (Å²) in [6, 6.07) is 12.2. The lowest BCUT2D eigenvalue weighted by atomic mass is 10.1. The lowest BCUT2D eigenvalue weighted by Gasteiger charge is -1.92. The third-order valence-corrected chi connectivity index (χ3v) is 2.20. The number of H-pyrrole nitrogens is 1. The topological polar surface area (TPSA) is 28.7 Å². The molecule has 2 rings (SSSR count). The van der Waals surface area contributed by atoms with Crippen molar-refractivity contribution in [3.63, 3.8) is 0 Å². The van der Waals surface area contributed by atoms with Crippen molar-refractivity contribution in [1.29, 1.82) is 0 Å². The molecule has 1 aromatic heterocycles. The minimum Gasteiger partial charge on any atom is -0.278 e. The van der Waals surface area contributed by atoms with Gasteiger partial charge in [-0.15, -0.1) is 0 Å². The molecular formula is C13H14N2. The fraction of sp³-hybridized carbons (Fsp3) is 0.154. The van der Waals surface area contributed by atoms with Gasteiger partial charge in [-0.1, -0.05) is 43.3 Å². The zero-order valence-corrected chi connectivity index (χ0v) is 8.77. The van der Waals surface area contributed by atoms with Gasteiger partial charge in [0.15, 0.2) is 0 Å². The Morgan fingerprint density at radius 2 is 2.07 bits per heavy atom. The van der Waals surface area contributed by atoms with Gasteiger partial charge in [0.1, 0.15) is 0 Å². The van der Waals surface area contributed by atoms with Gasteiger partial charge < -0.3 is 0 Å². The van der Waals surface area contributed by atoms with Gasteiger partial charge in [0.25, 0.3) is 0 Å². The molecule has 0 atom stereocenters. The third-order valence-electron chi connectivity index (χ3n) is 2.20. The van der Waals surface area contributed by atoms with Crippen LogP contribution in [0.25, 0.3) is 17.3 Å². The van der Waals surface area contributed by atoms with Gasteiger partial charge in [-0.05, 0) is 18.6 Å². The lowest BCUT2D eigenvalue weighted by Crippen LogP contribution is -1.75. The van der Waals surface area contributed by atoms with Gasteiger partial charge in [-0.3, -0.25) is 5.10 Å². The van der Waals surface area contributed by atoms with Gasteiger partial charge in [-0.2, -0.15) is 5.10 Å². The number of aromatic nitrogens is 2. The van der Waals surface area contributed by atoms with Crippen molar-refractivity contribution in [2.75, 3.05) is 0 Å². The minimum absolute atomic E-state index is 0.992. The van der Waals surface area contributed by atoms with E-state index in [2.05, 4.69) is 47.5 Å². The zero-order chi connectivity index (χ0) is 10.5. The van der Waals surface area contributed by atoms with E-state index in [1.54, 1.807) is 0 Å². The molecule has 0 saturated heterocycles. The normalized spacial score (nSPS) is 11.0. The molecule has 1 N–H and O–H groups in total. The van der Waals surface area contributed by atoms with Crippen molar-refractivity contribution in [3.8, 4) is 11.3 Å². The number of rotatable bonds is 3. The first kappa shape index (κ1) is 9.71. The van der Waals surface area contributed by atoms with Crippen molar-refractivity contribution in [1.82, 2.24) is 10.2 Å². The number of allylic oxidation sites excluding steroid dienone is 1. The van der Waals surface area contributed by atoms with Crippen LogP contribution >= 0.6 is 0 Å². The zero-order valence-electron chi connectivity index (χ0n) is 8.77. The Morgan fingerprint density at radius 3 is 2.80 bits per heavy atom. The molecular weight excluding hydrogens is 184 g/mol. The lowest BCUT2D eigenvalue weighted by molar-refractivity contribution is 1.08. The molecule has 2 heteroatoms. The summed E-state index contributed by atoms with van der Waals surface area (Å²) in [5.41, 5.74) is 3.19. The standard InChI is InChI=1S/C13H14N2/c1-2-3-9-12-10-13(15-14-12)11-7-5-4-6-8-11/h3-10H,2H2,1H3,(H,14,15)/b9-3-. The second-order valence-electron chi connectivity index (χ2n) is 3.39. The van der Waals surface area contributed by atoms with E-state index in [4.69, 9.17) is 0 Å². The second kappa shape index (κ2) is 4.60. The molecule has 0 spiro atoms. The fourth-order valence-corrected chi connectivity index (χ4v) is 1.42. The van der Waals surface area contributed by atoms with Crippen LogP contribution in [0.4, 0.5) is 0 Å². The summed E-state index contributed by atoms with van der Waals surface area (Å²) in [4.78, 5) is 0. The van der Waals surface area contributed by atoms with Crippen LogP contribution in [-0.4, -0.2) is 10.2 Å². The molecule has 0 aliphatic rings. The van der Waals surface area contributed by atoms with Crippen LogP contribution in [0.5, 0.6) is 0 Å². The molecule has 2 aromatic rings. The molecule has 0 amide bonds. The van der Waals surface area contributed by atoms with Crippen LogP contribution in [0.3, 0.4) is 0 Å². The molecule has 15 heavy (non-hydrogen) atoms. The van der Waals surface area contributed by atoms with Crippen molar-refractivity contribution in [2.24, 2.45) is 0 Å². The average molecular weight is 198 g/mol. The molecule has 0 aliphatic carbocycles. The number of benzene rings is 1. The molecule has 0 unspecified atom stereocenters. The Bertz CT molecular complexity index is 441. The van der Waals surface area contributed by atoms with Crippen LogP contribution < -0.4 is 0 Å². The van der Waals surface area contributed by atoms with Crippen LogP contribution in [0, 0.1) is 0 Å². The summed E-state index contributed by atoms with van der Waals surface area (Å²) in [6.45, 7) is 2.12. The minimum atomic E-state index is 0.992. The Hall–Kier alpha value is -1.83. The first-order valence-corrected chi connectivity index (χ1v) is 5.17. The molecule has 0 fully saturated rings. The number of aromatic amines is 1. The fourth-order valence-electron chi connectivity index (χ4n) is 1.42. The molecule has 1 heterocycles. The predicted molar refractivity (Wildman–Crippen MR) is 63.3 cm³/mol. The van der Waals surface area contributed by atoms with E-state index in [1.165, 1.54) is 0 Å². The van der Waals surface area contributed by atoms with Crippen molar-refractivity contribution in [3.05, 3.63) is 48.2 Å². The van der Waals surface area contributed by atoms with E-state index < -0.39 is 0 Å². The number of nitrogens with zero attached hydrogens (tertiary/aromatic N) is 1. The predicted octanol–water partition coefficient (Wildman–Crippen LogP) is 3.50. The van der Waals surface area contributed by atoms with E-state index >= 15 is 0 Å². The monoisotopic (exact) mass is 198 g/mol. The highest BCUT2D eigenvalue weighted by Gasteiger charge is 2.00. The van der Waals surface area contributed by atoms with Crippen LogP contribution in [0.2, 0.25) is 0 Å². The molecule has 0 bridgehead atoms. The smallest absolute Gasteiger partial charge is 0.0926 e. The van der Waals surface area contributed by atoms with E-state index in [9.17, 15) is 0 Å². The molecule has 0 radical (unpaired) electrons. The Kier molecular flexibility index (Phi) is 2.98. The van der Waals surface area contributed by atoms with Crippen molar-refractivity contribution < 1.29 is 0 Å².